The largest absolute Gasteiger partial charge is 0.494 e. The van der Waals surface area contributed by atoms with Gasteiger partial charge in [0, 0.05) is 19.3 Å². The topological polar surface area (TPSA) is 68.5 Å². The molecule has 2 rings (SSSR count). The maximum absolute atomic E-state index is 12.2. The van der Waals surface area contributed by atoms with Crippen LogP contribution < -0.4 is 10.5 Å². The van der Waals surface area contributed by atoms with E-state index < -0.39 is 0 Å². The van der Waals surface area contributed by atoms with E-state index in [4.69, 9.17) is 10.5 Å². The van der Waals surface area contributed by atoms with Crippen LogP contribution in [0.15, 0.2) is 42.6 Å². The number of anilines is 1. The first-order valence-corrected chi connectivity index (χ1v) is 7.24. The summed E-state index contributed by atoms with van der Waals surface area (Å²) in [6.45, 7) is 3.15. The molecule has 116 valence electrons. The highest BCUT2D eigenvalue weighted by Gasteiger charge is 2.11. The first kappa shape index (κ1) is 15.8. The number of likely N-dealkylation sites (N-methyl/N-ethyl adjacent to an activating group) is 1. The van der Waals surface area contributed by atoms with Gasteiger partial charge in [-0.1, -0.05) is 12.1 Å². The lowest BCUT2D eigenvalue weighted by molar-refractivity contribution is -0.129. The molecule has 1 heterocycles. The van der Waals surface area contributed by atoms with Crippen molar-refractivity contribution in [1.29, 1.82) is 0 Å². The fraction of sp³-hybridized carbons (Fsp3) is 0.294. The smallest absolute Gasteiger partial charge is 0.228 e. The first-order chi connectivity index (χ1) is 10.6. The summed E-state index contributed by atoms with van der Waals surface area (Å²) in [6, 6.07) is 11.3. The molecule has 0 atom stereocenters. The fourth-order valence-electron chi connectivity index (χ4n) is 2.05. The SMILES string of the molecule is CCOc1ccc(CN(C)C(=O)Cc2ccc(N)cn2)cc1. The lowest BCUT2D eigenvalue weighted by Gasteiger charge is -2.17. The van der Waals surface area contributed by atoms with Crippen molar-refractivity contribution >= 4 is 11.6 Å². The minimum atomic E-state index is 0.0196. The molecule has 0 bridgehead atoms. The maximum atomic E-state index is 12.2. The van der Waals surface area contributed by atoms with Crippen molar-refractivity contribution in [2.24, 2.45) is 0 Å². The van der Waals surface area contributed by atoms with E-state index in [9.17, 15) is 4.79 Å². The molecule has 0 aliphatic rings. The van der Waals surface area contributed by atoms with Gasteiger partial charge in [-0.2, -0.15) is 0 Å². The third-order valence-electron chi connectivity index (χ3n) is 3.26. The molecule has 5 heteroatoms. The number of hydrogen-bond donors (Lipinski definition) is 1. The second-order valence-corrected chi connectivity index (χ2v) is 5.09. The summed E-state index contributed by atoms with van der Waals surface area (Å²) in [5, 5.41) is 0. The van der Waals surface area contributed by atoms with Crippen molar-refractivity contribution in [1.82, 2.24) is 9.88 Å². The standard InChI is InChI=1S/C17H21N3O2/c1-3-22-16-8-4-13(5-9-16)12-20(2)17(21)10-15-7-6-14(18)11-19-15/h4-9,11H,3,10,12,18H2,1-2H3. The van der Waals surface area contributed by atoms with Crippen LogP contribution in [-0.2, 0) is 17.8 Å². The molecule has 0 aliphatic heterocycles. The van der Waals surface area contributed by atoms with Gasteiger partial charge in [0.15, 0.2) is 0 Å². The zero-order valence-electron chi connectivity index (χ0n) is 13.0. The van der Waals surface area contributed by atoms with E-state index in [2.05, 4.69) is 4.98 Å². The Morgan fingerprint density at radius 3 is 2.55 bits per heavy atom. The summed E-state index contributed by atoms with van der Waals surface area (Å²) < 4.78 is 5.40. The van der Waals surface area contributed by atoms with Gasteiger partial charge in [-0.15, -0.1) is 0 Å². The lowest BCUT2D eigenvalue weighted by atomic mass is 10.2. The molecule has 1 amide bonds. The molecule has 2 N–H and O–H groups in total. The molecule has 2 aromatic rings. The molecule has 0 radical (unpaired) electrons. The average Bonchev–Trinajstić information content (AvgIpc) is 2.51. The number of amides is 1. The summed E-state index contributed by atoms with van der Waals surface area (Å²) in [4.78, 5) is 18.0. The number of pyridine rings is 1. The summed E-state index contributed by atoms with van der Waals surface area (Å²) >= 11 is 0. The fourth-order valence-corrected chi connectivity index (χ4v) is 2.05. The number of nitrogen functional groups attached to an aromatic ring is 1. The molecule has 1 aromatic heterocycles. The first-order valence-electron chi connectivity index (χ1n) is 7.24. The van der Waals surface area contributed by atoms with Gasteiger partial charge < -0.3 is 15.4 Å². The van der Waals surface area contributed by atoms with Crippen molar-refractivity contribution in [3.63, 3.8) is 0 Å². The second kappa shape index (κ2) is 7.45. The molecular formula is C17H21N3O2. The molecule has 22 heavy (non-hydrogen) atoms. The summed E-state index contributed by atoms with van der Waals surface area (Å²) in [5.74, 6) is 0.859. The zero-order valence-corrected chi connectivity index (χ0v) is 13.0. The van der Waals surface area contributed by atoms with E-state index in [-0.39, 0.29) is 12.3 Å². The number of ether oxygens (including phenoxy) is 1. The van der Waals surface area contributed by atoms with E-state index in [0.717, 1.165) is 17.0 Å². The van der Waals surface area contributed by atoms with Crippen LogP contribution in [0.5, 0.6) is 5.75 Å². The Morgan fingerprint density at radius 2 is 1.95 bits per heavy atom. The van der Waals surface area contributed by atoms with Gasteiger partial charge in [0.25, 0.3) is 0 Å². The third kappa shape index (κ3) is 4.48. The van der Waals surface area contributed by atoms with Gasteiger partial charge in [0.05, 0.1) is 24.9 Å². The van der Waals surface area contributed by atoms with Crippen LogP contribution in [0.3, 0.4) is 0 Å². The predicted molar refractivity (Wildman–Crippen MR) is 86.4 cm³/mol. The third-order valence-corrected chi connectivity index (χ3v) is 3.26. The molecule has 5 nitrogen and oxygen atoms in total. The van der Waals surface area contributed by atoms with Gasteiger partial charge in [-0.25, -0.2) is 0 Å². The Bertz CT molecular complexity index is 609. The van der Waals surface area contributed by atoms with Crippen molar-refractivity contribution in [2.45, 2.75) is 19.9 Å². The van der Waals surface area contributed by atoms with Crippen LogP contribution >= 0.6 is 0 Å². The summed E-state index contributed by atoms with van der Waals surface area (Å²) in [7, 11) is 1.79. The number of hydrogen-bond acceptors (Lipinski definition) is 4. The Hall–Kier alpha value is -2.56. The monoisotopic (exact) mass is 299 g/mol. The second-order valence-electron chi connectivity index (χ2n) is 5.09. The molecule has 0 saturated carbocycles. The van der Waals surface area contributed by atoms with Gasteiger partial charge in [-0.3, -0.25) is 9.78 Å². The molecule has 1 aromatic carbocycles. The average molecular weight is 299 g/mol. The van der Waals surface area contributed by atoms with Crippen molar-refractivity contribution in [2.75, 3.05) is 19.4 Å². The molecule has 0 saturated heterocycles. The van der Waals surface area contributed by atoms with Gasteiger partial charge >= 0.3 is 0 Å². The van der Waals surface area contributed by atoms with E-state index in [0.29, 0.717) is 18.8 Å². The van der Waals surface area contributed by atoms with Crippen LogP contribution in [0.2, 0.25) is 0 Å². The molecule has 0 aliphatic carbocycles. The minimum Gasteiger partial charge on any atom is -0.494 e. The summed E-state index contributed by atoms with van der Waals surface area (Å²) in [5.41, 5.74) is 7.96. The number of aromatic nitrogens is 1. The number of benzene rings is 1. The number of carbonyl (C=O) groups is 1. The molecular weight excluding hydrogens is 278 g/mol. The molecule has 0 unspecified atom stereocenters. The van der Waals surface area contributed by atoms with E-state index in [1.807, 2.05) is 31.2 Å². The number of carbonyl (C=O) groups excluding carboxylic acids is 1. The van der Waals surface area contributed by atoms with Gasteiger partial charge in [0.1, 0.15) is 5.75 Å². The number of nitrogens with zero attached hydrogens (tertiary/aromatic N) is 2. The van der Waals surface area contributed by atoms with Crippen LogP contribution in [0.25, 0.3) is 0 Å². The number of nitrogens with two attached hydrogens (primary N) is 1. The van der Waals surface area contributed by atoms with Crippen LogP contribution in [0.4, 0.5) is 5.69 Å². The lowest BCUT2D eigenvalue weighted by Crippen LogP contribution is -2.28. The van der Waals surface area contributed by atoms with Crippen LogP contribution in [0.1, 0.15) is 18.2 Å². The minimum absolute atomic E-state index is 0.0196. The normalized spacial score (nSPS) is 10.3. The van der Waals surface area contributed by atoms with E-state index >= 15 is 0 Å². The Kier molecular flexibility index (Phi) is 5.36. The van der Waals surface area contributed by atoms with Crippen LogP contribution in [-0.4, -0.2) is 29.4 Å². The Labute approximate surface area is 130 Å². The highest BCUT2D eigenvalue weighted by atomic mass is 16.5. The molecule has 0 fully saturated rings. The van der Waals surface area contributed by atoms with Crippen molar-refractivity contribution < 1.29 is 9.53 Å². The van der Waals surface area contributed by atoms with Gasteiger partial charge in [-0.05, 0) is 36.8 Å². The predicted octanol–water partition coefficient (Wildman–Crippen LogP) is 2.26. The zero-order chi connectivity index (χ0) is 15.9. The van der Waals surface area contributed by atoms with E-state index in [1.165, 1.54) is 0 Å². The highest BCUT2D eigenvalue weighted by Crippen LogP contribution is 2.13. The van der Waals surface area contributed by atoms with Gasteiger partial charge in [0.2, 0.25) is 5.91 Å². The molecule has 0 spiro atoms. The number of rotatable bonds is 6. The summed E-state index contributed by atoms with van der Waals surface area (Å²) in [6.07, 6.45) is 1.84. The van der Waals surface area contributed by atoms with E-state index in [1.54, 1.807) is 30.3 Å². The Balaban J connectivity index is 1.91. The Morgan fingerprint density at radius 1 is 1.23 bits per heavy atom. The highest BCUT2D eigenvalue weighted by molar-refractivity contribution is 5.78. The van der Waals surface area contributed by atoms with Crippen molar-refractivity contribution in [3.8, 4) is 5.75 Å². The maximum Gasteiger partial charge on any atom is 0.228 e. The van der Waals surface area contributed by atoms with Crippen molar-refractivity contribution in [3.05, 3.63) is 53.9 Å². The van der Waals surface area contributed by atoms with Crippen LogP contribution in [0, 0.1) is 0 Å². The quantitative estimate of drug-likeness (QED) is 0.888.